The molecular weight excluding hydrogens is 535 g/mol. The minimum Gasteiger partial charge on any atom is -0.394 e. The van der Waals surface area contributed by atoms with Crippen LogP contribution in [0.5, 0.6) is 0 Å². The lowest BCUT2D eigenvalue weighted by Crippen LogP contribution is -2.32. The lowest BCUT2D eigenvalue weighted by Gasteiger charge is -2.19. The van der Waals surface area contributed by atoms with Crippen molar-refractivity contribution in [1.82, 2.24) is 15.7 Å². The van der Waals surface area contributed by atoms with Crippen LogP contribution in [0.25, 0.3) is 0 Å². The molecule has 0 saturated carbocycles. The molecule has 1 unspecified atom stereocenters. The average Bonchev–Trinajstić information content (AvgIpc) is 2.85. The Morgan fingerprint density at radius 2 is 1.59 bits per heavy atom. The van der Waals surface area contributed by atoms with Crippen LogP contribution in [-0.2, 0) is 20.4 Å². The lowest BCUT2D eigenvalue weighted by molar-refractivity contribution is 0.0167. The van der Waals surface area contributed by atoms with Gasteiger partial charge in [0, 0.05) is 17.7 Å². The van der Waals surface area contributed by atoms with E-state index in [1.54, 1.807) is 0 Å². The molecule has 0 amide bonds. The number of nitrogen functional groups attached to an aromatic ring is 1. The Morgan fingerprint density at radius 3 is 2.16 bits per heavy atom. The van der Waals surface area contributed by atoms with Crippen molar-refractivity contribution in [1.29, 1.82) is 0 Å². The van der Waals surface area contributed by atoms with Crippen LogP contribution >= 0.6 is 29.2 Å². The Balaban J connectivity index is 0.0000130. The maximum atomic E-state index is 12.2. The van der Waals surface area contributed by atoms with E-state index in [0.717, 1.165) is 25.0 Å². The van der Waals surface area contributed by atoms with E-state index in [4.69, 9.17) is 15.0 Å². The van der Waals surface area contributed by atoms with E-state index in [-0.39, 0.29) is 25.1 Å². The second kappa shape index (κ2) is 23.3. The summed E-state index contributed by atoms with van der Waals surface area (Å²) in [7, 11) is -0.0249. The van der Waals surface area contributed by atoms with Crippen LogP contribution in [0.1, 0.15) is 84.0 Å². The Labute approximate surface area is 230 Å². The van der Waals surface area contributed by atoms with E-state index >= 15 is 0 Å². The van der Waals surface area contributed by atoms with E-state index in [0.29, 0.717) is 6.42 Å². The van der Waals surface area contributed by atoms with Gasteiger partial charge in [-0.25, -0.2) is 4.79 Å². The maximum Gasteiger partial charge on any atom is 0.353 e. The molecule has 0 bridgehead atoms. The standard InChI is InChI=1S/C24H46N3O6PS2.H3N/c1-2-3-4-5-6-7-9-12-17-35-36-18-13-10-8-11-16-33-34(30,31)21-32-22(20-28)19-27-15-14-23(25)26-24(27)29;/h14-15,22,28H,2-13,16-21H2,1H3,(H,30,31)(H2,25,26,29);1H3/t22-;/m0./s1. The van der Waals surface area contributed by atoms with Crippen LogP contribution in [0.15, 0.2) is 17.1 Å². The molecule has 10 nitrogen and oxygen atoms in total. The van der Waals surface area contributed by atoms with Crippen LogP contribution in [0, 0.1) is 0 Å². The molecule has 1 rings (SSSR count). The van der Waals surface area contributed by atoms with Crippen LogP contribution < -0.4 is 17.6 Å². The Morgan fingerprint density at radius 1 is 1.03 bits per heavy atom. The number of unbranched alkanes of at least 4 members (excludes halogenated alkanes) is 10. The topological polar surface area (TPSA) is 172 Å². The minimum atomic E-state index is -3.94. The van der Waals surface area contributed by atoms with Crippen molar-refractivity contribution >= 4 is 35.0 Å². The Bertz CT molecular complexity index is 790. The van der Waals surface area contributed by atoms with E-state index in [2.05, 4.69) is 11.9 Å². The summed E-state index contributed by atoms with van der Waals surface area (Å²) < 4.78 is 23.8. The number of aromatic nitrogens is 2. The molecule has 0 saturated heterocycles. The highest BCUT2D eigenvalue weighted by molar-refractivity contribution is 8.76. The molecule has 0 aliphatic rings. The first-order chi connectivity index (χ1) is 17.4. The van der Waals surface area contributed by atoms with Crippen molar-refractivity contribution in [2.45, 2.75) is 96.6 Å². The van der Waals surface area contributed by atoms with Gasteiger partial charge in [-0.3, -0.25) is 9.13 Å². The smallest absolute Gasteiger partial charge is 0.353 e. The van der Waals surface area contributed by atoms with Gasteiger partial charge >= 0.3 is 13.3 Å². The predicted molar refractivity (Wildman–Crippen MR) is 157 cm³/mol. The van der Waals surface area contributed by atoms with Crippen molar-refractivity contribution in [3.63, 3.8) is 0 Å². The first-order valence-electron chi connectivity index (χ1n) is 13.1. The molecule has 37 heavy (non-hydrogen) atoms. The van der Waals surface area contributed by atoms with Gasteiger partial charge in [0.15, 0.2) is 0 Å². The average molecular weight is 585 g/mol. The maximum absolute atomic E-state index is 12.2. The van der Waals surface area contributed by atoms with Crippen LogP contribution in [0.2, 0.25) is 0 Å². The van der Waals surface area contributed by atoms with Gasteiger partial charge in [-0.2, -0.15) is 4.98 Å². The normalized spacial score (nSPS) is 13.7. The SMILES string of the molecule is CCCCCCCCCCSSCCCCCCOP(=O)(O)CO[C@H](CO)Cn1ccc(N)nc1=O.N. The highest BCUT2D eigenvalue weighted by atomic mass is 33.1. The van der Waals surface area contributed by atoms with E-state index in [1.807, 2.05) is 21.6 Å². The molecule has 0 aliphatic heterocycles. The molecule has 1 heterocycles. The van der Waals surface area contributed by atoms with Crippen molar-refractivity contribution in [3.05, 3.63) is 22.7 Å². The second-order valence-corrected chi connectivity index (χ2v) is 13.4. The second-order valence-electron chi connectivity index (χ2n) is 8.89. The fourth-order valence-electron chi connectivity index (χ4n) is 3.44. The third-order valence-electron chi connectivity index (χ3n) is 5.55. The summed E-state index contributed by atoms with van der Waals surface area (Å²) >= 11 is 0. The van der Waals surface area contributed by atoms with Gasteiger partial charge in [0.25, 0.3) is 0 Å². The number of rotatable bonds is 24. The monoisotopic (exact) mass is 584 g/mol. The quantitative estimate of drug-likeness (QED) is 0.0676. The third kappa shape index (κ3) is 20.0. The predicted octanol–water partition coefficient (Wildman–Crippen LogP) is 5.61. The van der Waals surface area contributed by atoms with Gasteiger partial charge in [-0.1, -0.05) is 86.3 Å². The number of nitrogens with two attached hydrogens (primary N) is 1. The molecule has 7 N–H and O–H groups in total. The molecule has 13 heteroatoms. The van der Waals surface area contributed by atoms with Crippen molar-refractivity contribution in [3.8, 4) is 0 Å². The summed E-state index contributed by atoms with van der Waals surface area (Å²) in [5, 5.41) is 9.46. The molecule has 0 spiro atoms. The summed E-state index contributed by atoms with van der Waals surface area (Å²) in [5.74, 6) is 2.45. The zero-order chi connectivity index (χ0) is 26.5. The first-order valence-corrected chi connectivity index (χ1v) is 17.4. The summed E-state index contributed by atoms with van der Waals surface area (Å²) in [5.41, 5.74) is 4.87. The van der Waals surface area contributed by atoms with E-state index in [9.17, 15) is 19.4 Å². The summed E-state index contributed by atoms with van der Waals surface area (Å²) in [6.07, 6.45) is 14.8. The molecule has 2 atom stereocenters. The highest BCUT2D eigenvalue weighted by Gasteiger charge is 2.22. The van der Waals surface area contributed by atoms with Crippen molar-refractivity contribution in [2.24, 2.45) is 0 Å². The van der Waals surface area contributed by atoms with Gasteiger partial charge in [0.2, 0.25) is 0 Å². The molecule has 0 fully saturated rings. The molecule has 0 aromatic carbocycles. The number of aliphatic hydroxyl groups is 1. The third-order valence-corrected chi connectivity index (χ3v) is 9.19. The number of anilines is 1. The first kappa shape index (κ1) is 36.4. The van der Waals surface area contributed by atoms with Crippen LogP contribution in [0.4, 0.5) is 5.82 Å². The van der Waals surface area contributed by atoms with E-state index in [1.165, 1.54) is 73.9 Å². The molecule has 1 aromatic heterocycles. The molecule has 0 radical (unpaired) electrons. The van der Waals surface area contributed by atoms with Crippen LogP contribution in [-0.4, -0.2) is 56.7 Å². The number of aliphatic hydroxyl groups excluding tert-OH is 1. The molecule has 0 aliphatic carbocycles. The van der Waals surface area contributed by atoms with Gasteiger partial charge < -0.3 is 31.1 Å². The number of ether oxygens (including phenoxy) is 1. The lowest BCUT2D eigenvalue weighted by atomic mass is 10.1. The fraction of sp³-hybridized carbons (Fsp3) is 0.833. The Kier molecular flexibility index (Phi) is 22.9. The molecule has 1 aromatic rings. The largest absolute Gasteiger partial charge is 0.394 e. The Hall–Kier alpha value is -0.590. The molecular formula is C24H49N4O6PS2. The van der Waals surface area contributed by atoms with Crippen LogP contribution in [0.3, 0.4) is 0 Å². The van der Waals surface area contributed by atoms with Gasteiger partial charge in [0.1, 0.15) is 12.2 Å². The summed E-state index contributed by atoms with van der Waals surface area (Å²) in [4.78, 5) is 25.3. The summed E-state index contributed by atoms with van der Waals surface area (Å²) in [6, 6.07) is 1.45. The highest BCUT2D eigenvalue weighted by Crippen LogP contribution is 2.42. The van der Waals surface area contributed by atoms with Gasteiger partial charge in [0.05, 0.1) is 25.9 Å². The number of nitrogens with zero attached hydrogens (tertiary/aromatic N) is 2. The van der Waals surface area contributed by atoms with Gasteiger partial charge in [-0.05, 0) is 25.3 Å². The van der Waals surface area contributed by atoms with Gasteiger partial charge in [-0.15, -0.1) is 0 Å². The number of hydrogen-bond donors (Lipinski definition) is 4. The minimum absolute atomic E-state index is 0. The molecule has 218 valence electrons. The zero-order valence-electron chi connectivity index (χ0n) is 22.4. The zero-order valence-corrected chi connectivity index (χ0v) is 25.0. The van der Waals surface area contributed by atoms with E-state index < -0.39 is 32.3 Å². The number of hydrogen-bond acceptors (Lipinski definition) is 10. The van der Waals surface area contributed by atoms with Crippen molar-refractivity contribution < 1.29 is 23.8 Å². The fourth-order valence-corrected chi connectivity index (χ4v) is 6.62. The van der Waals surface area contributed by atoms with Crippen molar-refractivity contribution in [2.75, 3.05) is 36.8 Å². The summed E-state index contributed by atoms with van der Waals surface area (Å²) in [6.45, 7) is 2.00.